The highest BCUT2D eigenvalue weighted by atomic mass is 15.3. The second-order valence-electron chi connectivity index (χ2n) is 4.23. The molecule has 2 N–H and O–H groups in total. The van der Waals surface area contributed by atoms with Crippen LogP contribution < -0.4 is 10.6 Å². The van der Waals surface area contributed by atoms with E-state index in [9.17, 15) is 0 Å². The summed E-state index contributed by atoms with van der Waals surface area (Å²) in [5.74, 6) is 3.36. The maximum absolute atomic E-state index is 4.26. The van der Waals surface area contributed by atoms with Gasteiger partial charge in [0.1, 0.15) is 5.82 Å². The van der Waals surface area contributed by atoms with Gasteiger partial charge < -0.3 is 15.2 Å². The van der Waals surface area contributed by atoms with Crippen molar-refractivity contribution in [3.63, 3.8) is 0 Å². The highest BCUT2D eigenvalue weighted by Gasteiger charge is 2.49. The molecular formula is C9H15N5. The Kier molecular flexibility index (Phi) is 1.58. The van der Waals surface area contributed by atoms with E-state index in [2.05, 4.69) is 25.4 Å². The predicted molar refractivity (Wildman–Crippen MR) is 53.2 cm³/mol. The van der Waals surface area contributed by atoms with Crippen molar-refractivity contribution < 1.29 is 0 Å². The summed E-state index contributed by atoms with van der Waals surface area (Å²) in [6.45, 7) is 1.15. The lowest BCUT2D eigenvalue weighted by Crippen LogP contribution is -2.36. The Morgan fingerprint density at radius 1 is 1.50 bits per heavy atom. The maximum atomic E-state index is 4.26. The Bertz CT molecular complexity index is 344. The Balaban J connectivity index is 1.93. The average molecular weight is 193 g/mol. The summed E-state index contributed by atoms with van der Waals surface area (Å²) < 4.78 is 2.07. The first-order valence-electron chi connectivity index (χ1n) is 5.11. The smallest absolute Gasteiger partial charge is 0.224 e. The summed E-state index contributed by atoms with van der Waals surface area (Å²) in [7, 11) is 3.90. The normalized spacial score (nSPS) is 34.3. The van der Waals surface area contributed by atoms with Crippen molar-refractivity contribution >= 4 is 5.95 Å². The van der Waals surface area contributed by atoms with Gasteiger partial charge in [0.15, 0.2) is 0 Å². The molecule has 2 bridgehead atoms. The van der Waals surface area contributed by atoms with Crippen molar-refractivity contribution in [3.05, 3.63) is 5.82 Å². The third kappa shape index (κ3) is 0.877. The van der Waals surface area contributed by atoms with E-state index in [0.717, 1.165) is 24.2 Å². The second-order valence-corrected chi connectivity index (χ2v) is 4.23. The number of anilines is 1. The van der Waals surface area contributed by atoms with Crippen molar-refractivity contribution in [2.75, 3.05) is 18.9 Å². The van der Waals surface area contributed by atoms with Crippen LogP contribution in [0.5, 0.6) is 0 Å². The van der Waals surface area contributed by atoms with Gasteiger partial charge in [0.25, 0.3) is 0 Å². The van der Waals surface area contributed by atoms with Crippen LogP contribution in [-0.4, -0.2) is 34.4 Å². The van der Waals surface area contributed by atoms with Gasteiger partial charge in [-0.25, -0.2) is 0 Å². The largest absolute Gasteiger partial charge is 0.357 e. The molecule has 3 aliphatic rings. The van der Waals surface area contributed by atoms with E-state index in [1.807, 2.05) is 14.1 Å². The zero-order valence-electron chi connectivity index (χ0n) is 8.49. The first-order chi connectivity index (χ1) is 6.81. The lowest BCUT2D eigenvalue weighted by molar-refractivity contribution is 0.285. The standard InChI is InChI=1S/C9H15N5/c1-10-9-13-12-8(14(9)2)7-5-3-6(7)11-4-5/h5-7,11H,3-4H2,1-2H3,(H,10,13). The maximum Gasteiger partial charge on any atom is 0.224 e. The first-order valence-corrected chi connectivity index (χ1v) is 5.11. The molecule has 14 heavy (non-hydrogen) atoms. The van der Waals surface area contributed by atoms with E-state index >= 15 is 0 Å². The Hall–Kier alpha value is -1.10. The van der Waals surface area contributed by atoms with Crippen molar-refractivity contribution in [1.82, 2.24) is 20.1 Å². The molecule has 4 rings (SSSR count). The van der Waals surface area contributed by atoms with E-state index in [-0.39, 0.29) is 0 Å². The fraction of sp³-hybridized carbons (Fsp3) is 0.778. The minimum Gasteiger partial charge on any atom is -0.357 e. The zero-order chi connectivity index (χ0) is 9.71. The second kappa shape index (κ2) is 2.70. The monoisotopic (exact) mass is 193 g/mol. The first kappa shape index (κ1) is 8.23. The molecule has 0 radical (unpaired) electrons. The number of hydrogen-bond acceptors (Lipinski definition) is 4. The van der Waals surface area contributed by atoms with Crippen LogP contribution in [0.3, 0.4) is 0 Å². The summed E-state index contributed by atoms with van der Waals surface area (Å²) >= 11 is 0. The van der Waals surface area contributed by atoms with E-state index in [1.165, 1.54) is 6.42 Å². The highest BCUT2D eigenvalue weighted by Crippen LogP contribution is 2.46. The number of fused-ring (bicyclic) bond motifs is 1. The molecule has 2 aliphatic heterocycles. The van der Waals surface area contributed by atoms with E-state index in [1.54, 1.807) is 0 Å². The van der Waals surface area contributed by atoms with Gasteiger partial charge in [0, 0.05) is 26.1 Å². The molecule has 1 aromatic rings. The van der Waals surface area contributed by atoms with Crippen molar-refractivity contribution in [2.24, 2.45) is 13.0 Å². The van der Waals surface area contributed by atoms with Crippen LogP contribution >= 0.6 is 0 Å². The number of nitrogens with zero attached hydrogens (tertiary/aromatic N) is 3. The summed E-state index contributed by atoms with van der Waals surface area (Å²) in [5, 5.41) is 14.9. The summed E-state index contributed by atoms with van der Waals surface area (Å²) in [6.07, 6.45) is 1.31. The number of aromatic nitrogens is 3. The molecule has 5 nitrogen and oxygen atoms in total. The molecule has 3 fully saturated rings. The van der Waals surface area contributed by atoms with Gasteiger partial charge in [0.2, 0.25) is 5.95 Å². The predicted octanol–water partition coefficient (Wildman–Crippen LogP) is -0.0679. The highest BCUT2D eigenvalue weighted by molar-refractivity contribution is 5.28. The van der Waals surface area contributed by atoms with E-state index < -0.39 is 0 Å². The van der Waals surface area contributed by atoms with Crippen molar-refractivity contribution in [3.8, 4) is 0 Å². The molecule has 0 amide bonds. The molecular weight excluding hydrogens is 178 g/mol. The molecule has 1 saturated carbocycles. The van der Waals surface area contributed by atoms with Crippen LogP contribution in [0, 0.1) is 5.92 Å². The van der Waals surface area contributed by atoms with E-state index in [4.69, 9.17) is 0 Å². The SMILES string of the molecule is CNc1nnc(C2C3CNC2C3)n1C. The molecule has 2 saturated heterocycles. The van der Waals surface area contributed by atoms with E-state index in [0.29, 0.717) is 12.0 Å². The van der Waals surface area contributed by atoms with Crippen LogP contribution in [0.15, 0.2) is 0 Å². The number of rotatable bonds is 2. The molecule has 5 heteroatoms. The topological polar surface area (TPSA) is 54.8 Å². The number of nitrogens with one attached hydrogen (secondary N) is 2. The molecule has 0 aromatic carbocycles. The van der Waals surface area contributed by atoms with Gasteiger partial charge in [-0.1, -0.05) is 0 Å². The quantitative estimate of drug-likeness (QED) is 0.690. The Labute approximate surface area is 82.9 Å². The third-order valence-corrected chi connectivity index (χ3v) is 3.57. The summed E-state index contributed by atoms with van der Waals surface area (Å²) in [6, 6.07) is 0.646. The lowest BCUT2D eigenvalue weighted by atomic mass is 9.73. The molecule has 76 valence electrons. The molecule has 0 spiro atoms. The third-order valence-electron chi connectivity index (χ3n) is 3.57. The molecule has 1 aromatic heterocycles. The van der Waals surface area contributed by atoms with Crippen molar-refractivity contribution in [1.29, 1.82) is 0 Å². The average Bonchev–Trinajstić information content (AvgIpc) is 2.81. The van der Waals surface area contributed by atoms with Gasteiger partial charge in [-0.15, -0.1) is 10.2 Å². The van der Waals surface area contributed by atoms with Gasteiger partial charge in [-0.3, -0.25) is 0 Å². The number of hydrogen-bond donors (Lipinski definition) is 2. The minimum atomic E-state index is 0.592. The fourth-order valence-electron chi connectivity index (χ4n) is 2.72. The molecule has 3 heterocycles. The molecule has 3 atom stereocenters. The van der Waals surface area contributed by atoms with Crippen LogP contribution in [0.4, 0.5) is 5.95 Å². The van der Waals surface area contributed by atoms with Crippen LogP contribution in [-0.2, 0) is 7.05 Å². The Morgan fingerprint density at radius 2 is 2.36 bits per heavy atom. The van der Waals surface area contributed by atoms with Gasteiger partial charge in [-0.05, 0) is 18.9 Å². The van der Waals surface area contributed by atoms with Gasteiger partial charge in [0.05, 0.1) is 0 Å². The zero-order valence-corrected chi connectivity index (χ0v) is 8.49. The van der Waals surface area contributed by atoms with Crippen molar-refractivity contribution in [2.45, 2.75) is 18.4 Å². The van der Waals surface area contributed by atoms with Crippen LogP contribution in [0.1, 0.15) is 18.2 Å². The van der Waals surface area contributed by atoms with Crippen LogP contribution in [0.2, 0.25) is 0 Å². The summed E-state index contributed by atoms with van der Waals surface area (Å²) in [5.41, 5.74) is 0. The Morgan fingerprint density at radius 3 is 2.86 bits per heavy atom. The van der Waals surface area contributed by atoms with Gasteiger partial charge in [-0.2, -0.15) is 0 Å². The van der Waals surface area contributed by atoms with Crippen LogP contribution in [0.25, 0.3) is 0 Å². The molecule has 3 unspecified atom stereocenters. The minimum absolute atomic E-state index is 0.592. The lowest BCUT2D eigenvalue weighted by Gasteiger charge is -2.33. The fourth-order valence-corrected chi connectivity index (χ4v) is 2.72. The molecule has 1 aliphatic carbocycles. The van der Waals surface area contributed by atoms with Gasteiger partial charge >= 0.3 is 0 Å². The summed E-state index contributed by atoms with van der Waals surface area (Å²) in [4.78, 5) is 0.